The van der Waals surface area contributed by atoms with Crippen molar-refractivity contribution in [1.29, 1.82) is 0 Å². The number of likely N-dealkylation sites (N-methyl/N-ethyl adjacent to an activating group) is 1. The number of nitrogens with zero attached hydrogens (tertiary/aromatic N) is 1. The number of nitrogens with one attached hydrogen (secondary N) is 1. The number of hydrogen-bond acceptors (Lipinski definition) is 3. The van der Waals surface area contributed by atoms with Crippen LogP contribution in [-0.4, -0.2) is 30.4 Å². The minimum absolute atomic E-state index is 0.0469. The van der Waals surface area contributed by atoms with E-state index < -0.39 is 11.6 Å². The highest BCUT2D eigenvalue weighted by molar-refractivity contribution is 5.82. The highest BCUT2D eigenvalue weighted by Crippen LogP contribution is 2.23. The molecular formula is C12H17F2N3O. The van der Waals surface area contributed by atoms with Crippen LogP contribution in [0.15, 0.2) is 12.1 Å². The Morgan fingerprint density at radius 3 is 2.50 bits per heavy atom. The molecule has 6 heteroatoms. The third kappa shape index (κ3) is 3.32. The average molecular weight is 257 g/mol. The molecule has 0 heterocycles. The lowest BCUT2D eigenvalue weighted by Gasteiger charge is -2.19. The van der Waals surface area contributed by atoms with Crippen molar-refractivity contribution in [1.82, 2.24) is 4.90 Å². The molecule has 0 atom stereocenters. The molecule has 0 fully saturated rings. The molecule has 1 amide bonds. The number of rotatable bonds is 5. The number of anilines is 2. The summed E-state index contributed by atoms with van der Waals surface area (Å²) in [5.74, 6) is -1.73. The molecule has 0 radical (unpaired) electrons. The van der Waals surface area contributed by atoms with E-state index >= 15 is 0 Å². The first-order chi connectivity index (χ1) is 8.49. The van der Waals surface area contributed by atoms with Gasteiger partial charge in [0, 0.05) is 19.2 Å². The van der Waals surface area contributed by atoms with Crippen molar-refractivity contribution in [2.24, 2.45) is 0 Å². The maximum absolute atomic E-state index is 13.2. The molecule has 0 aliphatic heterocycles. The molecule has 4 nitrogen and oxygen atoms in total. The van der Waals surface area contributed by atoms with Crippen LogP contribution in [0.5, 0.6) is 0 Å². The number of amides is 1. The molecule has 0 spiro atoms. The van der Waals surface area contributed by atoms with Crippen molar-refractivity contribution >= 4 is 17.3 Å². The molecule has 0 aliphatic carbocycles. The van der Waals surface area contributed by atoms with Crippen LogP contribution in [0.1, 0.15) is 13.8 Å². The maximum atomic E-state index is 13.2. The number of benzene rings is 1. The number of carbonyl (C=O) groups excluding carboxylic acids is 1. The summed E-state index contributed by atoms with van der Waals surface area (Å²) in [6.45, 7) is 4.85. The molecule has 0 saturated carbocycles. The summed E-state index contributed by atoms with van der Waals surface area (Å²) in [5, 5.41) is 2.65. The van der Waals surface area contributed by atoms with E-state index in [1.807, 2.05) is 13.8 Å². The Kier molecular flexibility index (Phi) is 4.88. The Hall–Kier alpha value is -1.85. The van der Waals surface area contributed by atoms with Gasteiger partial charge in [0.15, 0.2) is 5.82 Å². The lowest BCUT2D eigenvalue weighted by molar-refractivity contribution is -0.128. The largest absolute Gasteiger partial charge is 0.395 e. The predicted molar refractivity (Wildman–Crippen MR) is 67.2 cm³/mol. The SMILES string of the molecule is CCN(CC)C(=O)CNc1cc(F)cc(F)c1N. The first kappa shape index (κ1) is 14.2. The second-order valence-electron chi connectivity index (χ2n) is 3.77. The Morgan fingerprint density at radius 1 is 1.33 bits per heavy atom. The topological polar surface area (TPSA) is 58.4 Å². The molecule has 0 saturated heterocycles. The molecule has 100 valence electrons. The van der Waals surface area contributed by atoms with Crippen molar-refractivity contribution in [2.75, 3.05) is 30.7 Å². The van der Waals surface area contributed by atoms with E-state index in [2.05, 4.69) is 5.32 Å². The van der Waals surface area contributed by atoms with Crippen molar-refractivity contribution in [3.63, 3.8) is 0 Å². The number of carbonyl (C=O) groups is 1. The van der Waals surface area contributed by atoms with Gasteiger partial charge in [-0.2, -0.15) is 0 Å². The minimum atomic E-state index is -0.840. The summed E-state index contributed by atoms with van der Waals surface area (Å²) in [7, 11) is 0. The quantitative estimate of drug-likeness (QED) is 0.791. The Morgan fingerprint density at radius 2 is 1.94 bits per heavy atom. The molecule has 3 N–H and O–H groups in total. The van der Waals surface area contributed by atoms with Gasteiger partial charge in [0.05, 0.1) is 17.9 Å². The molecule has 1 aromatic carbocycles. The van der Waals surface area contributed by atoms with E-state index in [9.17, 15) is 13.6 Å². The maximum Gasteiger partial charge on any atom is 0.241 e. The zero-order chi connectivity index (χ0) is 13.7. The fraction of sp³-hybridized carbons (Fsp3) is 0.417. The molecule has 0 bridgehead atoms. The standard InChI is InChI=1S/C12H17F2N3O/c1-3-17(4-2)11(18)7-16-10-6-8(13)5-9(14)12(10)15/h5-6,16H,3-4,7,15H2,1-2H3. The van der Waals surface area contributed by atoms with Gasteiger partial charge in [-0.15, -0.1) is 0 Å². The van der Waals surface area contributed by atoms with E-state index in [4.69, 9.17) is 5.73 Å². The van der Waals surface area contributed by atoms with Crippen LogP contribution in [0.3, 0.4) is 0 Å². The zero-order valence-corrected chi connectivity index (χ0v) is 10.5. The monoisotopic (exact) mass is 257 g/mol. The highest BCUT2D eigenvalue weighted by Gasteiger charge is 2.12. The Bertz CT molecular complexity index is 434. The van der Waals surface area contributed by atoms with Crippen LogP contribution in [-0.2, 0) is 4.79 Å². The van der Waals surface area contributed by atoms with Crippen molar-refractivity contribution < 1.29 is 13.6 Å². The fourth-order valence-corrected chi connectivity index (χ4v) is 1.59. The van der Waals surface area contributed by atoms with Gasteiger partial charge in [-0.25, -0.2) is 8.78 Å². The number of nitrogens with two attached hydrogens (primary N) is 1. The van der Waals surface area contributed by atoms with E-state index in [0.29, 0.717) is 19.2 Å². The van der Waals surface area contributed by atoms with Gasteiger partial charge >= 0.3 is 0 Å². The van der Waals surface area contributed by atoms with E-state index in [0.717, 1.165) is 6.07 Å². The van der Waals surface area contributed by atoms with E-state index in [1.54, 1.807) is 4.90 Å². The summed E-state index contributed by atoms with van der Waals surface area (Å²) < 4.78 is 26.1. The molecule has 1 aromatic rings. The number of hydrogen-bond donors (Lipinski definition) is 2. The second-order valence-corrected chi connectivity index (χ2v) is 3.77. The van der Waals surface area contributed by atoms with Gasteiger partial charge in [-0.3, -0.25) is 4.79 Å². The van der Waals surface area contributed by atoms with Crippen LogP contribution >= 0.6 is 0 Å². The van der Waals surface area contributed by atoms with Crippen LogP contribution in [0, 0.1) is 11.6 Å². The third-order valence-electron chi connectivity index (χ3n) is 2.64. The number of nitrogen functional groups attached to an aromatic ring is 1. The van der Waals surface area contributed by atoms with Crippen LogP contribution in [0.25, 0.3) is 0 Å². The molecule has 0 aromatic heterocycles. The predicted octanol–water partition coefficient (Wildman–Crippen LogP) is 1.83. The normalized spacial score (nSPS) is 10.2. The van der Waals surface area contributed by atoms with Crippen LogP contribution in [0.4, 0.5) is 20.2 Å². The summed E-state index contributed by atoms with van der Waals surface area (Å²) in [5.41, 5.74) is 5.35. The lowest BCUT2D eigenvalue weighted by atomic mass is 10.2. The minimum Gasteiger partial charge on any atom is -0.395 e. The van der Waals surface area contributed by atoms with Crippen LogP contribution in [0.2, 0.25) is 0 Å². The fourth-order valence-electron chi connectivity index (χ4n) is 1.59. The smallest absolute Gasteiger partial charge is 0.241 e. The molecule has 0 unspecified atom stereocenters. The van der Waals surface area contributed by atoms with Gasteiger partial charge in [0.1, 0.15) is 5.82 Å². The lowest BCUT2D eigenvalue weighted by Crippen LogP contribution is -2.35. The molecule has 1 rings (SSSR count). The Labute approximate surface area is 105 Å². The molecule has 18 heavy (non-hydrogen) atoms. The Balaban J connectivity index is 2.72. The van der Waals surface area contributed by atoms with Crippen molar-refractivity contribution in [2.45, 2.75) is 13.8 Å². The molecular weight excluding hydrogens is 240 g/mol. The van der Waals surface area contributed by atoms with Crippen molar-refractivity contribution in [3.8, 4) is 0 Å². The first-order valence-electron chi connectivity index (χ1n) is 5.75. The number of halogens is 2. The third-order valence-corrected chi connectivity index (χ3v) is 2.64. The zero-order valence-electron chi connectivity index (χ0n) is 10.5. The van der Waals surface area contributed by atoms with Gasteiger partial charge in [0.2, 0.25) is 5.91 Å². The van der Waals surface area contributed by atoms with E-state index in [1.165, 1.54) is 0 Å². The van der Waals surface area contributed by atoms with Gasteiger partial charge in [0.25, 0.3) is 0 Å². The first-order valence-corrected chi connectivity index (χ1v) is 5.75. The second kappa shape index (κ2) is 6.18. The van der Waals surface area contributed by atoms with Gasteiger partial charge in [-0.05, 0) is 19.9 Å². The van der Waals surface area contributed by atoms with Gasteiger partial charge < -0.3 is 16.0 Å². The van der Waals surface area contributed by atoms with E-state index in [-0.39, 0.29) is 23.8 Å². The highest BCUT2D eigenvalue weighted by atomic mass is 19.1. The van der Waals surface area contributed by atoms with Crippen LogP contribution < -0.4 is 11.1 Å². The summed E-state index contributed by atoms with van der Waals surface area (Å²) >= 11 is 0. The summed E-state index contributed by atoms with van der Waals surface area (Å²) in [6.07, 6.45) is 0. The van der Waals surface area contributed by atoms with Crippen molar-refractivity contribution in [3.05, 3.63) is 23.8 Å². The average Bonchev–Trinajstić information content (AvgIpc) is 2.33. The summed E-state index contributed by atoms with van der Waals surface area (Å²) in [6, 6.07) is 1.76. The van der Waals surface area contributed by atoms with Gasteiger partial charge in [-0.1, -0.05) is 0 Å². The summed E-state index contributed by atoms with van der Waals surface area (Å²) in [4.78, 5) is 13.3. The molecule has 0 aliphatic rings.